The lowest BCUT2D eigenvalue weighted by Gasteiger charge is -2.29. The summed E-state index contributed by atoms with van der Waals surface area (Å²) in [5.41, 5.74) is 6.56. The van der Waals surface area contributed by atoms with Crippen LogP contribution in [0.4, 0.5) is 0 Å². The fraction of sp³-hybridized carbons (Fsp3) is 0.533. The number of nitrogens with two attached hydrogens (primary N) is 1. The van der Waals surface area contributed by atoms with E-state index < -0.39 is 6.10 Å². The lowest BCUT2D eigenvalue weighted by molar-refractivity contribution is -0.142. The number of benzene rings is 1. The summed E-state index contributed by atoms with van der Waals surface area (Å²) >= 11 is 0. The molecular formula is C15H22N2O4. The average molecular weight is 294 g/mol. The molecule has 0 bridgehead atoms. The van der Waals surface area contributed by atoms with Crippen LogP contribution < -0.4 is 15.2 Å². The molecule has 0 aliphatic carbocycles. The van der Waals surface area contributed by atoms with Crippen molar-refractivity contribution in [3.63, 3.8) is 0 Å². The van der Waals surface area contributed by atoms with Gasteiger partial charge < -0.3 is 24.8 Å². The molecule has 1 saturated heterocycles. The summed E-state index contributed by atoms with van der Waals surface area (Å²) in [5.74, 6) is 1.09. The minimum absolute atomic E-state index is 0.0431. The summed E-state index contributed by atoms with van der Waals surface area (Å²) in [7, 11) is 1.57. The van der Waals surface area contributed by atoms with Gasteiger partial charge in [0, 0.05) is 19.6 Å². The molecule has 1 aromatic rings. The molecule has 0 spiro atoms. The molecule has 1 unspecified atom stereocenters. The molecule has 21 heavy (non-hydrogen) atoms. The highest BCUT2D eigenvalue weighted by Gasteiger charge is 2.24. The Kier molecular flexibility index (Phi) is 5.41. The van der Waals surface area contributed by atoms with Gasteiger partial charge in [0.2, 0.25) is 0 Å². The van der Waals surface area contributed by atoms with Crippen LogP contribution in [-0.2, 0) is 16.1 Å². The first kappa shape index (κ1) is 15.6. The smallest absolute Gasteiger partial charge is 0.263 e. The van der Waals surface area contributed by atoms with Gasteiger partial charge in [-0.25, -0.2) is 0 Å². The molecule has 0 radical (unpaired) electrons. The SMILES string of the molecule is COc1ccc(CN)cc1OC(C)C(=O)N1CCOCC1. The second kappa shape index (κ2) is 7.28. The number of rotatable bonds is 5. The van der Waals surface area contributed by atoms with Crippen molar-refractivity contribution in [1.29, 1.82) is 0 Å². The van der Waals surface area contributed by atoms with E-state index in [-0.39, 0.29) is 5.91 Å². The van der Waals surface area contributed by atoms with E-state index >= 15 is 0 Å². The minimum Gasteiger partial charge on any atom is -0.493 e. The molecule has 1 fully saturated rings. The molecule has 1 aromatic carbocycles. The summed E-state index contributed by atoms with van der Waals surface area (Å²) in [6, 6.07) is 5.48. The third kappa shape index (κ3) is 3.86. The molecule has 1 aliphatic heterocycles. The van der Waals surface area contributed by atoms with Gasteiger partial charge in [0.25, 0.3) is 5.91 Å². The van der Waals surface area contributed by atoms with Gasteiger partial charge in [-0.05, 0) is 24.6 Å². The second-order valence-corrected chi connectivity index (χ2v) is 4.89. The van der Waals surface area contributed by atoms with Crippen LogP contribution in [-0.4, -0.2) is 50.3 Å². The molecule has 1 aliphatic rings. The maximum absolute atomic E-state index is 12.3. The van der Waals surface area contributed by atoms with Crippen molar-refractivity contribution in [2.45, 2.75) is 19.6 Å². The Morgan fingerprint density at radius 2 is 2.10 bits per heavy atom. The molecular weight excluding hydrogens is 272 g/mol. The van der Waals surface area contributed by atoms with E-state index in [4.69, 9.17) is 19.9 Å². The van der Waals surface area contributed by atoms with Crippen molar-refractivity contribution >= 4 is 5.91 Å². The van der Waals surface area contributed by atoms with E-state index in [9.17, 15) is 4.79 Å². The van der Waals surface area contributed by atoms with Crippen LogP contribution in [0.15, 0.2) is 18.2 Å². The Morgan fingerprint density at radius 3 is 2.71 bits per heavy atom. The van der Waals surface area contributed by atoms with Gasteiger partial charge in [0.05, 0.1) is 20.3 Å². The highest BCUT2D eigenvalue weighted by molar-refractivity contribution is 5.81. The van der Waals surface area contributed by atoms with Crippen LogP contribution in [0, 0.1) is 0 Å². The molecule has 116 valence electrons. The molecule has 2 rings (SSSR count). The standard InChI is InChI=1S/C15H22N2O4/c1-11(15(18)17-5-7-20-8-6-17)21-14-9-12(10-16)3-4-13(14)19-2/h3-4,9,11H,5-8,10,16H2,1-2H3. The van der Waals surface area contributed by atoms with E-state index in [1.165, 1.54) is 0 Å². The fourth-order valence-electron chi connectivity index (χ4n) is 2.22. The summed E-state index contributed by atoms with van der Waals surface area (Å²) in [6.45, 7) is 4.51. The lowest BCUT2D eigenvalue weighted by Crippen LogP contribution is -2.46. The first-order chi connectivity index (χ1) is 10.2. The van der Waals surface area contributed by atoms with Gasteiger partial charge >= 0.3 is 0 Å². The van der Waals surface area contributed by atoms with E-state index in [1.807, 2.05) is 12.1 Å². The predicted octanol–water partition coefficient (Wildman–Crippen LogP) is 0.780. The third-order valence-corrected chi connectivity index (χ3v) is 3.44. The van der Waals surface area contributed by atoms with Gasteiger partial charge in [-0.2, -0.15) is 0 Å². The van der Waals surface area contributed by atoms with Crippen molar-refractivity contribution in [1.82, 2.24) is 4.90 Å². The van der Waals surface area contributed by atoms with Crippen LogP contribution in [0.1, 0.15) is 12.5 Å². The monoisotopic (exact) mass is 294 g/mol. The summed E-state index contributed by atoms with van der Waals surface area (Å²) in [6.07, 6.45) is -0.579. The number of carbonyl (C=O) groups is 1. The third-order valence-electron chi connectivity index (χ3n) is 3.44. The maximum Gasteiger partial charge on any atom is 0.263 e. The Hall–Kier alpha value is -1.79. The van der Waals surface area contributed by atoms with Crippen LogP contribution in [0.5, 0.6) is 11.5 Å². The summed E-state index contributed by atoms with van der Waals surface area (Å²) in [5, 5.41) is 0. The predicted molar refractivity (Wildman–Crippen MR) is 78.4 cm³/mol. The van der Waals surface area contributed by atoms with E-state index in [0.717, 1.165) is 5.56 Å². The number of hydrogen-bond donors (Lipinski definition) is 1. The molecule has 1 amide bonds. The van der Waals surface area contributed by atoms with Gasteiger partial charge in [-0.3, -0.25) is 4.79 Å². The Balaban J connectivity index is 2.07. The van der Waals surface area contributed by atoms with Gasteiger partial charge in [0.1, 0.15) is 0 Å². The number of nitrogens with zero attached hydrogens (tertiary/aromatic N) is 1. The maximum atomic E-state index is 12.3. The van der Waals surface area contributed by atoms with Crippen molar-refractivity contribution < 1.29 is 19.0 Å². The largest absolute Gasteiger partial charge is 0.493 e. The average Bonchev–Trinajstić information content (AvgIpc) is 2.54. The summed E-state index contributed by atoms with van der Waals surface area (Å²) in [4.78, 5) is 14.1. The molecule has 6 heteroatoms. The van der Waals surface area contributed by atoms with Crippen molar-refractivity contribution in [3.05, 3.63) is 23.8 Å². The molecule has 2 N–H and O–H groups in total. The number of ether oxygens (including phenoxy) is 3. The van der Waals surface area contributed by atoms with Crippen LogP contribution in [0.25, 0.3) is 0 Å². The summed E-state index contributed by atoms with van der Waals surface area (Å²) < 4.78 is 16.3. The molecule has 1 heterocycles. The zero-order valence-electron chi connectivity index (χ0n) is 12.5. The Labute approximate surface area is 124 Å². The van der Waals surface area contributed by atoms with E-state index in [2.05, 4.69) is 0 Å². The van der Waals surface area contributed by atoms with Crippen molar-refractivity contribution in [3.8, 4) is 11.5 Å². The second-order valence-electron chi connectivity index (χ2n) is 4.89. The molecule has 0 aromatic heterocycles. The van der Waals surface area contributed by atoms with Crippen LogP contribution >= 0.6 is 0 Å². The zero-order chi connectivity index (χ0) is 15.2. The fourth-order valence-corrected chi connectivity index (χ4v) is 2.22. The van der Waals surface area contributed by atoms with Crippen LogP contribution in [0.2, 0.25) is 0 Å². The van der Waals surface area contributed by atoms with Gasteiger partial charge in [-0.15, -0.1) is 0 Å². The highest BCUT2D eigenvalue weighted by atomic mass is 16.5. The van der Waals surface area contributed by atoms with Gasteiger partial charge in [0.15, 0.2) is 17.6 Å². The lowest BCUT2D eigenvalue weighted by atomic mass is 10.2. The van der Waals surface area contributed by atoms with Crippen molar-refractivity contribution in [2.75, 3.05) is 33.4 Å². The Bertz CT molecular complexity index is 487. The number of morpholine rings is 1. The number of methoxy groups -OCH3 is 1. The first-order valence-electron chi connectivity index (χ1n) is 7.06. The molecule has 0 saturated carbocycles. The molecule has 1 atom stereocenters. The minimum atomic E-state index is -0.579. The van der Waals surface area contributed by atoms with Crippen LogP contribution in [0.3, 0.4) is 0 Å². The first-order valence-corrected chi connectivity index (χ1v) is 7.06. The molecule has 6 nitrogen and oxygen atoms in total. The number of amides is 1. The number of carbonyl (C=O) groups excluding carboxylic acids is 1. The van der Waals surface area contributed by atoms with Crippen molar-refractivity contribution in [2.24, 2.45) is 5.73 Å². The quantitative estimate of drug-likeness (QED) is 0.868. The Morgan fingerprint density at radius 1 is 1.38 bits per heavy atom. The topological polar surface area (TPSA) is 74.0 Å². The number of hydrogen-bond acceptors (Lipinski definition) is 5. The van der Waals surface area contributed by atoms with Gasteiger partial charge in [-0.1, -0.05) is 6.07 Å². The highest BCUT2D eigenvalue weighted by Crippen LogP contribution is 2.29. The van der Waals surface area contributed by atoms with E-state index in [0.29, 0.717) is 44.3 Å². The zero-order valence-corrected chi connectivity index (χ0v) is 12.5. The van der Waals surface area contributed by atoms with E-state index in [1.54, 1.807) is 25.0 Å². The normalized spacial score (nSPS) is 16.4.